The van der Waals surface area contributed by atoms with Crippen LogP contribution in [0.3, 0.4) is 0 Å². The normalized spacial score (nSPS) is 9.08. The predicted octanol–water partition coefficient (Wildman–Crippen LogP) is -9.94. The van der Waals surface area contributed by atoms with Gasteiger partial charge < -0.3 is 38.5 Å². The van der Waals surface area contributed by atoms with Gasteiger partial charge in [0.1, 0.15) is 0 Å². The Labute approximate surface area is 118 Å². The van der Waals surface area contributed by atoms with Crippen LogP contribution in [0.15, 0.2) is 0 Å². The maximum absolute atomic E-state index is 8.55. The second kappa shape index (κ2) is 12.4. The van der Waals surface area contributed by atoms with Gasteiger partial charge in [-0.3, -0.25) is 0 Å². The molecule has 0 atom stereocenters. The molecule has 0 aliphatic rings. The van der Waals surface area contributed by atoms with Gasteiger partial charge in [0.15, 0.2) is 0 Å². The Kier molecular flexibility index (Phi) is 28.0. The second-order valence-electron chi connectivity index (χ2n) is 0.894. The molecule has 0 saturated heterocycles. The Morgan fingerprint density at radius 3 is 0.692 bits per heavy atom. The van der Waals surface area contributed by atoms with Crippen LogP contribution in [0.4, 0.5) is 0 Å². The minimum atomic E-state index is -5.39. The van der Waals surface area contributed by atoms with E-state index >= 15 is 0 Å². The van der Waals surface area contributed by atoms with Crippen molar-refractivity contribution in [2.45, 2.75) is 0 Å². The third-order valence-corrected chi connectivity index (χ3v) is 0. The monoisotopic (exact) mass is 316 g/mol. The predicted molar refractivity (Wildman–Crippen MR) is 29.5 cm³/mol. The molecule has 0 heterocycles. The van der Waals surface area contributed by atoms with E-state index in [0.29, 0.717) is 0 Å². The van der Waals surface area contributed by atoms with Gasteiger partial charge in [0.25, 0.3) is 0 Å². The minimum absolute atomic E-state index is 0. The van der Waals surface area contributed by atoms with Crippen LogP contribution in [0.25, 0.3) is 0 Å². The standard InChI is InChI=1S/Al.GeH2.Na.2H3O4P/c;;;2*1-5(2,3)4/h;1H2;;2*(H3,1,2,3,4)/q+3;+2;+1;;/p-6. The molecule has 0 saturated carbocycles. The van der Waals surface area contributed by atoms with Gasteiger partial charge in [0.05, 0.1) is 0 Å². The maximum atomic E-state index is 8.55. The van der Waals surface area contributed by atoms with Crippen molar-refractivity contribution in [2.24, 2.45) is 0 Å². The fraction of sp³-hybridized carbons (Fsp3) is 0. The Morgan fingerprint density at radius 2 is 0.692 bits per heavy atom. The zero-order chi connectivity index (χ0) is 9.00. The van der Waals surface area contributed by atoms with Crippen LogP contribution >= 0.6 is 15.6 Å². The first-order valence-electron chi connectivity index (χ1n) is 1.46. The molecule has 0 bridgehead atoms. The molecule has 13 heavy (non-hydrogen) atoms. The fourth-order valence-corrected chi connectivity index (χ4v) is 0. The van der Waals surface area contributed by atoms with Gasteiger partial charge in [0, 0.05) is 0 Å². The molecule has 68 valence electrons. The van der Waals surface area contributed by atoms with Gasteiger partial charge in [-0.15, -0.1) is 0 Å². The Hall–Kier alpha value is 2.30. The van der Waals surface area contributed by atoms with Crippen molar-refractivity contribution < 1.29 is 68.0 Å². The largest absolute Gasteiger partial charge is 1.00 e. The van der Waals surface area contributed by atoms with E-state index in [0.717, 1.165) is 0 Å². The van der Waals surface area contributed by atoms with Crippen molar-refractivity contribution in [3.63, 3.8) is 0 Å². The molecule has 0 aromatic heterocycles. The average Bonchev–Trinajstić information content (AvgIpc) is 1.12. The zero-order valence-electron chi connectivity index (χ0n) is 6.44. The smallest absolute Gasteiger partial charge is 1.00 e. The van der Waals surface area contributed by atoms with Crippen molar-refractivity contribution in [1.82, 2.24) is 0 Å². The summed E-state index contributed by atoms with van der Waals surface area (Å²) in [5.41, 5.74) is 0. The zero-order valence-corrected chi connectivity index (χ0v) is 14.4. The van der Waals surface area contributed by atoms with Crippen molar-refractivity contribution in [3.8, 4) is 0 Å². The molecule has 13 heteroatoms. The summed E-state index contributed by atoms with van der Waals surface area (Å²) in [5.74, 6) is 0. The number of hydrogen-bond donors (Lipinski definition) is 0. The van der Waals surface area contributed by atoms with E-state index in [2.05, 4.69) is 0 Å². The van der Waals surface area contributed by atoms with Gasteiger partial charge in [0.2, 0.25) is 0 Å². The number of phosphoric acid groups is 2. The Morgan fingerprint density at radius 1 is 0.692 bits per heavy atom. The van der Waals surface area contributed by atoms with E-state index in [4.69, 9.17) is 38.5 Å². The molecule has 8 nitrogen and oxygen atoms in total. The van der Waals surface area contributed by atoms with Crippen LogP contribution in [-0.2, 0) is 9.13 Å². The van der Waals surface area contributed by atoms with Gasteiger partial charge in [-0.1, -0.05) is 0 Å². The molecule has 0 amide bonds. The van der Waals surface area contributed by atoms with Crippen LogP contribution in [-0.4, -0.2) is 35.0 Å². The second-order valence-corrected chi connectivity index (χ2v) is 2.68. The summed E-state index contributed by atoms with van der Waals surface area (Å²) in [4.78, 5) is 51.3. The van der Waals surface area contributed by atoms with Crippen molar-refractivity contribution in [3.05, 3.63) is 0 Å². The van der Waals surface area contributed by atoms with Crippen LogP contribution in [0.2, 0.25) is 0 Å². The van der Waals surface area contributed by atoms with Crippen molar-refractivity contribution >= 4 is 50.6 Å². The first-order valence-corrected chi connectivity index (χ1v) is 4.38. The fourth-order valence-electron chi connectivity index (χ4n) is 0. The topological polar surface area (TPSA) is 172 Å². The Balaban J connectivity index is -0.0000000267. The number of rotatable bonds is 0. The molecule has 0 unspecified atom stereocenters. The van der Waals surface area contributed by atoms with Gasteiger partial charge >= 0.3 is 64.5 Å². The summed E-state index contributed by atoms with van der Waals surface area (Å²) in [5, 5.41) is 0. The van der Waals surface area contributed by atoms with E-state index in [1.807, 2.05) is 0 Å². The van der Waals surface area contributed by atoms with E-state index in [9.17, 15) is 0 Å². The van der Waals surface area contributed by atoms with Crippen molar-refractivity contribution in [1.29, 1.82) is 0 Å². The molecule has 0 aliphatic carbocycles. The quantitative estimate of drug-likeness (QED) is 0.313. The third kappa shape index (κ3) is 410. The molecule has 0 N–H and O–H groups in total. The Bertz CT molecular complexity index is 134. The summed E-state index contributed by atoms with van der Waals surface area (Å²) >= 11 is 0. The number of hydrogen-bond acceptors (Lipinski definition) is 8. The first kappa shape index (κ1) is 29.5. The minimum Gasteiger partial charge on any atom is 1.00 e. The first-order chi connectivity index (χ1) is 4.00. The summed E-state index contributed by atoms with van der Waals surface area (Å²) in [7, 11) is -10.8. The van der Waals surface area contributed by atoms with Crippen molar-refractivity contribution in [2.75, 3.05) is 0 Å². The summed E-state index contributed by atoms with van der Waals surface area (Å²) in [6.07, 6.45) is 0. The van der Waals surface area contributed by atoms with Gasteiger partial charge in [-0.05, 0) is 0 Å². The molecule has 0 aliphatic heterocycles. The SMILES string of the molecule is O=P([O-])([O-])[O-].O=P([O-])([O-])[O-].[Al+3].[GeH2+2].[Na+]. The molecular weight excluding hydrogens is 313 g/mol. The molecule has 0 spiro atoms. The van der Waals surface area contributed by atoms with E-state index in [1.54, 1.807) is 0 Å². The molecule has 0 rings (SSSR count). The third-order valence-electron chi connectivity index (χ3n) is 0. The average molecular weight is 315 g/mol. The van der Waals surface area contributed by atoms with Crippen LogP contribution < -0.4 is 58.9 Å². The maximum Gasteiger partial charge on any atom is 1.00 e. The van der Waals surface area contributed by atoms with Gasteiger partial charge in [-0.25, -0.2) is 0 Å². The molecular formula is H2AlGeNaO8P2. The molecule has 0 aromatic carbocycles. The van der Waals surface area contributed by atoms with Crippen LogP contribution in [0, 0.1) is 0 Å². The van der Waals surface area contributed by atoms with E-state index in [-0.39, 0.29) is 64.5 Å². The van der Waals surface area contributed by atoms with E-state index < -0.39 is 15.6 Å². The summed E-state index contributed by atoms with van der Waals surface area (Å²) in [6, 6.07) is 0. The summed E-state index contributed by atoms with van der Waals surface area (Å²) in [6.45, 7) is 0. The van der Waals surface area contributed by atoms with Gasteiger partial charge in [-0.2, -0.15) is 15.6 Å². The summed E-state index contributed by atoms with van der Waals surface area (Å²) < 4.78 is 17.1. The van der Waals surface area contributed by atoms with Crippen LogP contribution in [0.5, 0.6) is 0 Å². The molecule has 0 fully saturated rings. The van der Waals surface area contributed by atoms with Crippen LogP contribution in [0.1, 0.15) is 0 Å². The van der Waals surface area contributed by atoms with E-state index in [1.165, 1.54) is 0 Å². The molecule has 0 radical (unpaired) electrons. The molecule has 0 aromatic rings.